The summed E-state index contributed by atoms with van der Waals surface area (Å²) < 4.78 is 0. The van der Waals surface area contributed by atoms with Crippen molar-refractivity contribution in [2.75, 3.05) is 5.32 Å². The highest BCUT2D eigenvalue weighted by Gasteiger charge is 2.19. The van der Waals surface area contributed by atoms with E-state index >= 15 is 0 Å². The van der Waals surface area contributed by atoms with Gasteiger partial charge in [0.2, 0.25) is 11.0 Å². The zero-order chi connectivity index (χ0) is 11.4. The molecule has 1 atom stereocenters. The minimum Gasteiger partial charge on any atom is -0.300 e. The van der Waals surface area contributed by atoms with Gasteiger partial charge in [-0.15, -0.1) is 10.2 Å². The highest BCUT2D eigenvalue weighted by atomic mass is 79.9. The highest BCUT2D eigenvalue weighted by molar-refractivity contribution is 9.10. The number of anilines is 1. The van der Waals surface area contributed by atoms with E-state index in [0.29, 0.717) is 5.13 Å². The van der Waals surface area contributed by atoms with Crippen molar-refractivity contribution in [3.63, 3.8) is 0 Å². The molecular formula is C9H14BrN3OS. The molecule has 1 rings (SSSR count). The third-order valence-corrected chi connectivity index (χ3v) is 4.29. The van der Waals surface area contributed by atoms with Gasteiger partial charge in [0.1, 0.15) is 5.01 Å². The Hall–Kier alpha value is -0.490. The fourth-order valence-electron chi connectivity index (χ4n) is 0.924. The molecule has 0 aliphatic heterocycles. The molecule has 4 nitrogen and oxygen atoms in total. The molecule has 0 radical (unpaired) electrons. The van der Waals surface area contributed by atoms with E-state index < -0.39 is 0 Å². The van der Waals surface area contributed by atoms with Gasteiger partial charge in [0.25, 0.3) is 0 Å². The van der Waals surface area contributed by atoms with Gasteiger partial charge in [-0.2, -0.15) is 0 Å². The van der Waals surface area contributed by atoms with Crippen molar-refractivity contribution >= 4 is 38.3 Å². The van der Waals surface area contributed by atoms with Crippen molar-refractivity contribution in [2.45, 2.75) is 32.0 Å². The summed E-state index contributed by atoms with van der Waals surface area (Å²) >= 11 is 4.75. The van der Waals surface area contributed by atoms with Crippen molar-refractivity contribution in [2.24, 2.45) is 5.92 Å². The van der Waals surface area contributed by atoms with Gasteiger partial charge in [-0.1, -0.05) is 48.0 Å². The molecule has 15 heavy (non-hydrogen) atoms. The summed E-state index contributed by atoms with van der Waals surface area (Å²) in [6, 6.07) is 0. The molecule has 0 spiro atoms. The van der Waals surface area contributed by atoms with Gasteiger partial charge in [-0.3, -0.25) is 10.1 Å². The van der Waals surface area contributed by atoms with E-state index in [-0.39, 0.29) is 16.7 Å². The van der Waals surface area contributed by atoms with Gasteiger partial charge in [-0.25, -0.2) is 0 Å². The zero-order valence-electron chi connectivity index (χ0n) is 8.95. The van der Waals surface area contributed by atoms with E-state index in [2.05, 4.69) is 31.4 Å². The number of nitrogens with zero attached hydrogens (tertiary/aromatic N) is 2. The molecule has 0 saturated heterocycles. The lowest BCUT2D eigenvalue weighted by Gasteiger charge is -2.11. The van der Waals surface area contributed by atoms with Gasteiger partial charge >= 0.3 is 0 Å². The first-order valence-corrected chi connectivity index (χ1v) is 6.55. The maximum Gasteiger partial charge on any atom is 0.240 e. The minimum absolute atomic E-state index is 0.0659. The summed E-state index contributed by atoms with van der Waals surface area (Å²) in [6.45, 7) is 5.97. The van der Waals surface area contributed by atoms with E-state index in [4.69, 9.17) is 0 Å². The van der Waals surface area contributed by atoms with Crippen LogP contribution in [0.1, 0.15) is 25.8 Å². The lowest BCUT2D eigenvalue weighted by atomic mass is 10.1. The molecule has 0 bridgehead atoms. The highest BCUT2D eigenvalue weighted by Crippen LogP contribution is 2.18. The van der Waals surface area contributed by atoms with Crippen molar-refractivity contribution in [1.29, 1.82) is 0 Å². The standard InChI is InChI=1S/C9H14BrN3OS/c1-4-6-12-13-9(15-6)11-8(14)7(10)5(2)3/h5,7H,4H2,1-3H3,(H,11,13,14). The first-order chi connectivity index (χ1) is 7.04. The number of carbonyl (C=O) groups is 1. The van der Waals surface area contributed by atoms with Crippen LogP contribution in [0.25, 0.3) is 0 Å². The number of hydrogen-bond acceptors (Lipinski definition) is 4. The average Bonchev–Trinajstić information content (AvgIpc) is 2.64. The van der Waals surface area contributed by atoms with Gasteiger partial charge in [0.15, 0.2) is 0 Å². The second-order valence-electron chi connectivity index (χ2n) is 3.49. The summed E-state index contributed by atoms with van der Waals surface area (Å²) in [5, 5.41) is 12.1. The number of aromatic nitrogens is 2. The van der Waals surface area contributed by atoms with Gasteiger partial charge in [0, 0.05) is 0 Å². The third-order valence-electron chi connectivity index (χ3n) is 1.84. The van der Waals surface area contributed by atoms with Crippen molar-refractivity contribution in [3.8, 4) is 0 Å². The Balaban J connectivity index is 2.58. The number of carbonyl (C=O) groups excluding carboxylic acids is 1. The van der Waals surface area contributed by atoms with Crippen molar-refractivity contribution < 1.29 is 4.79 Å². The molecule has 1 aromatic heterocycles. The molecule has 0 aliphatic rings. The first-order valence-electron chi connectivity index (χ1n) is 4.82. The second kappa shape index (κ2) is 5.55. The van der Waals surface area contributed by atoms with Gasteiger partial charge in [0.05, 0.1) is 4.83 Å². The maximum atomic E-state index is 11.6. The fraction of sp³-hybridized carbons (Fsp3) is 0.667. The molecule has 0 aliphatic carbocycles. The predicted octanol–water partition coefficient (Wildman–Crippen LogP) is 2.46. The van der Waals surface area contributed by atoms with Crippen LogP contribution in [-0.2, 0) is 11.2 Å². The van der Waals surface area contributed by atoms with E-state index in [0.717, 1.165) is 11.4 Å². The lowest BCUT2D eigenvalue weighted by molar-refractivity contribution is -0.116. The average molecular weight is 292 g/mol. The van der Waals surface area contributed by atoms with Crippen LogP contribution in [0.3, 0.4) is 0 Å². The molecule has 1 aromatic rings. The number of nitrogens with one attached hydrogen (secondary N) is 1. The SMILES string of the molecule is CCc1nnc(NC(=O)C(Br)C(C)C)s1. The quantitative estimate of drug-likeness (QED) is 0.867. The number of aryl methyl sites for hydroxylation is 1. The second-order valence-corrected chi connectivity index (χ2v) is 5.54. The van der Waals surface area contributed by atoms with E-state index in [1.165, 1.54) is 11.3 Å². The van der Waals surface area contributed by atoms with Gasteiger partial charge in [-0.05, 0) is 12.3 Å². The summed E-state index contributed by atoms with van der Waals surface area (Å²) in [5.74, 6) is 0.187. The largest absolute Gasteiger partial charge is 0.300 e. The fourth-order valence-corrected chi connectivity index (χ4v) is 1.72. The maximum absolute atomic E-state index is 11.6. The number of halogens is 1. The molecule has 0 aromatic carbocycles. The number of rotatable bonds is 4. The van der Waals surface area contributed by atoms with Crippen LogP contribution in [0, 0.1) is 5.92 Å². The Morgan fingerprint density at radius 3 is 2.67 bits per heavy atom. The summed E-state index contributed by atoms with van der Waals surface area (Å²) in [6.07, 6.45) is 0.843. The van der Waals surface area contributed by atoms with Crippen LogP contribution in [0.5, 0.6) is 0 Å². The third kappa shape index (κ3) is 3.53. The van der Waals surface area contributed by atoms with Crippen molar-refractivity contribution in [3.05, 3.63) is 5.01 Å². The smallest absolute Gasteiger partial charge is 0.240 e. The molecule has 1 N–H and O–H groups in total. The Bertz CT molecular complexity index is 340. The zero-order valence-corrected chi connectivity index (χ0v) is 11.4. The van der Waals surface area contributed by atoms with Crippen LogP contribution in [0.15, 0.2) is 0 Å². The van der Waals surface area contributed by atoms with Gasteiger partial charge < -0.3 is 0 Å². The summed E-state index contributed by atoms with van der Waals surface area (Å²) in [4.78, 5) is 11.4. The molecule has 6 heteroatoms. The molecule has 1 unspecified atom stereocenters. The molecule has 1 amide bonds. The Morgan fingerprint density at radius 1 is 1.53 bits per heavy atom. The number of amides is 1. The number of hydrogen-bond donors (Lipinski definition) is 1. The van der Waals surface area contributed by atoms with Crippen LogP contribution in [0.4, 0.5) is 5.13 Å². The minimum atomic E-state index is -0.188. The first kappa shape index (κ1) is 12.6. The topological polar surface area (TPSA) is 54.9 Å². The van der Waals surface area contributed by atoms with E-state index in [1.807, 2.05) is 20.8 Å². The Kier molecular flexibility index (Phi) is 4.66. The van der Waals surface area contributed by atoms with Crippen LogP contribution in [0.2, 0.25) is 0 Å². The van der Waals surface area contributed by atoms with E-state index in [9.17, 15) is 4.79 Å². The normalized spacial score (nSPS) is 12.9. The van der Waals surface area contributed by atoms with Crippen LogP contribution >= 0.6 is 27.3 Å². The molecule has 84 valence electrons. The lowest BCUT2D eigenvalue weighted by Crippen LogP contribution is -2.26. The molecular weight excluding hydrogens is 278 g/mol. The monoisotopic (exact) mass is 291 g/mol. The molecule has 0 fully saturated rings. The molecule has 1 heterocycles. The van der Waals surface area contributed by atoms with Crippen LogP contribution in [-0.4, -0.2) is 20.9 Å². The van der Waals surface area contributed by atoms with E-state index in [1.54, 1.807) is 0 Å². The number of alkyl halides is 1. The summed E-state index contributed by atoms with van der Waals surface area (Å²) in [5.41, 5.74) is 0. The van der Waals surface area contributed by atoms with Crippen LogP contribution < -0.4 is 5.32 Å². The Morgan fingerprint density at radius 2 is 2.20 bits per heavy atom. The molecule has 0 saturated carbocycles. The summed E-state index contributed by atoms with van der Waals surface area (Å²) in [7, 11) is 0. The van der Waals surface area contributed by atoms with Crippen molar-refractivity contribution in [1.82, 2.24) is 10.2 Å². The Labute approximate surface area is 102 Å². The predicted molar refractivity (Wildman–Crippen MR) is 65.5 cm³/mol.